The molecule has 1 aromatic carbocycles. The number of amides is 3. The Hall–Kier alpha value is -2.43. The Morgan fingerprint density at radius 2 is 1.93 bits per heavy atom. The molecule has 3 rings (SSSR count). The highest BCUT2D eigenvalue weighted by Crippen LogP contribution is 2.35. The van der Waals surface area contributed by atoms with Crippen molar-refractivity contribution in [1.29, 1.82) is 0 Å². The van der Waals surface area contributed by atoms with E-state index in [1.807, 2.05) is 0 Å². The maximum atomic E-state index is 13.0. The van der Waals surface area contributed by atoms with Crippen molar-refractivity contribution in [3.63, 3.8) is 0 Å². The Kier molecular flexibility index (Phi) is 6.25. The molecule has 0 aromatic heterocycles. The van der Waals surface area contributed by atoms with Crippen LogP contribution >= 0.6 is 0 Å². The quantitative estimate of drug-likeness (QED) is 0.487. The summed E-state index contributed by atoms with van der Waals surface area (Å²) in [7, 11) is -3.73. The summed E-state index contributed by atoms with van der Waals surface area (Å²) >= 11 is 0. The van der Waals surface area contributed by atoms with Crippen LogP contribution in [0.15, 0.2) is 35.7 Å². The van der Waals surface area contributed by atoms with Gasteiger partial charge in [-0.05, 0) is 26.0 Å². The molecule has 29 heavy (non-hydrogen) atoms. The molecule has 2 aliphatic heterocycles. The zero-order valence-corrected chi connectivity index (χ0v) is 17.4. The van der Waals surface area contributed by atoms with E-state index < -0.39 is 16.1 Å². The van der Waals surface area contributed by atoms with Crippen molar-refractivity contribution in [2.45, 2.75) is 24.8 Å². The molecule has 0 radical (unpaired) electrons. The van der Waals surface area contributed by atoms with Crippen LogP contribution in [0.2, 0.25) is 0 Å². The average Bonchev–Trinajstić information content (AvgIpc) is 2.96. The topological polar surface area (TPSA) is 96.5 Å². The van der Waals surface area contributed by atoms with Gasteiger partial charge in [0.05, 0.1) is 29.9 Å². The van der Waals surface area contributed by atoms with E-state index >= 15 is 0 Å². The summed E-state index contributed by atoms with van der Waals surface area (Å²) in [5, 5.41) is 0. The highest BCUT2D eigenvalue weighted by atomic mass is 32.2. The first-order valence-corrected chi connectivity index (χ1v) is 10.8. The summed E-state index contributed by atoms with van der Waals surface area (Å²) in [5.41, 5.74) is 0.351. The number of morpholine rings is 1. The predicted molar refractivity (Wildman–Crippen MR) is 106 cm³/mol. The lowest BCUT2D eigenvalue weighted by Gasteiger charge is -2.27. The summed E-state index contributed by atoms with van der Waals surface area (Å²) in [5.74, 6) is -0.119. The number of benzene rings is 1. The third kappa shape index (κ3) is 4.29. The van der Waals surface area contributed by atoms with Gasteiger partial charge in [0.1, 0.15) is 12.3 Å². The second-order valence-electron chi connectivity index (χ2n) is 6.97. The molecular formula is C19H25N3O6S. The zero-order valence-electron chi connectivity index (χ0n) is 16.5. The van der Waals surface area contributed by atoms with Crippen LogP contribution in [-0.2, 0) is 19.6 Å². The van der Waals surface area contributed by atoms with E-state index in [9.17, 15) is 18.0 Å². The normalized spacial score (nSPS) is 18.6. The van der Waals surface area contributed by atoms with E-state index in [0.29, 0.717) is 18.9 Å². The van der Waals surface area contributed by atoms with Gasteiger partial charge in [-0.3, -0.25) is 14.6 Å². The van der Waals surface area contributed by atoms with Gasteiger partial charge in [0.2, 0.25) is 10.0 Å². The van der Waals surface area contributed by atoms with Crippen LogP contribution in [0.5, 0.6) is 5.75 Å². The largest absolute Gasteiger partial charge is 0.489 e. The highest BCUT2D eigenvalue weighted by molar-refractivity contribution is 7.89. The smallest absolute Gasteiger partial charge is 0.332 e. The van der Waals surface area contributed by atoms with E-state index in [0.717, 1.165) is 4.90 Å². The second kappa shape index (κ2) is 8.52. The number of nitrogens with zero attached hydrogens (tertiary/aromatic N) is 3. The number of anilines is 1. The van der Waals surface area contributed by atoms with Crippen molar-refractivity contribution in [3.05, 3.63) is 30.9 Å². The van der Waals surface area contributed by atoms with Crippen LogP contribution in [0, 0.1) is 0 Å². The van der Waals surface area contributed by atoms with Crippen molar-refractivity contribution >= 4 is 27.6 Å². The number of hydrogen-bond acceptors (Lipinski definition) is 6. The number of sulfonamides is 1. The van der Waals surface area contributed by atoms with Crippen LogP contribution in [-0.4, -0.2) is 75.1 Å². The fourth-order valence-corrected chi connectivity index (χ4v) is 4.62. The minimum absolute atomic E-state index is 0.0692. The molecule has 3 amide bonds. The van der Waals surface area contributed by atoms with Gasteiger partial charge in [-0.2, -0.15) is 4.31 Å². The first kappa shape index (κ1) is 21.3. The number of hydrogen-bond donors (Lipinski definition) is 0. The van der Waals surface area contributed by atoms with Crippen LogP contribution in [0.1, 0.15) is 13.8 Å². The van der Waals surface area contributed by atoms with E-state index in [1.54, 1.807) is 13.8 Å². The second-order valence-corrected chi connectivity index (χ2v) is 8.91. The van der Waals surface area contributed by atoms with Crippen LogP contribution < -0.4 is 9.64 Å². The molecule has 2 aliphatic rings. The van der Waals surface area contributed by atoms with E-state index in [1.165, 1.54) is 33.5 Å². The Bertz CT molecular complexity index is 909. The minimum Gasteiger partial charge on any atom is -0.489 e. The lowest BCUT2D eigenvalue weighted by molar-refractivity contribution is -0.124. The molecular weight excluding hydrogens is 398 g/mol. The van der Waals surface area contributed by atoms with Gasteiger partial charge in [-0.25, -0.2) is 13.2 Å². The summed E-state index contributed by atoms with van der Waals surface area (Å²) in [6.45, 7) is 8.37. The molecule has 2 saturated heterocycles. The fourth-order valence-electron chi connectivity index (χ4n) is 3.20. The lowest BCUT2D eigenvalue weighted by atomic mass is 10.2. The molecule has 0 aliphatic carbocycles. The SMILES string of the molecule is C=CCN1C(=O)CN(c2ccc(S(=O)(=O)N3CCOCC3)cc2OC(C)C)C1=O. The summed E-state index contributed by atoms with van der Waals surface area (Å²) < 4.78 is 38.3. The van der Waals surface area contributed by atoms with Crippen LogP contribution in [0.3, 0.4) is 0 Å². The average molecular weight is 423 g/mol. The van der Waals surface area contributed by atoms with Gasteiger partial charge in [0, 0.05) is 25.7 Å². The van der Waals surface area contributed by atoms with Crippen molar-refractivity contribution in [3.8, 4) is 5.75 Å². The number of carbonyl (C=O) groups is 2. The fraction of sp³-hybridized carbons (Fsp3) is 0.474. The van der Waals surface area contributed by atoms with Gasteiger partial charge in [-0.15, -0.1) is 6.58 Å². The van der Waals surface area contributed by atoms with E-state index in [4.69, 9.17) is 9.47 Å². The van der Waals surface area contributed by atoms with Gasteiger partial charge < -0.3 is 9.47 Å². The number of rotatable bonds is 7. The van der Waals surface area contributed by atoms with Crippen LogP contribution in [0.25, 0.3) is 0 Å². The first-order chi connectivity index (χ1) is 13.8. The number of urea groups is 1. The summed E-state index contributed by atoms with van der Waals surface area (Å²) in [6.07, 6.45) is 1.22. The Morgan fingerprint density at radius 1 is 1.24 bits per heavy atom. The van der Waals surface area contributed by atoms with Crippen molar-refractivity contribution in [2.75, 3.05) is 44.3 Å². The third-order valence-electron chi connectivity index (χ3n) is 4.56. The van der Waals surface area contributed by atoms with Crippen molar-refractivity contribution in [2.24, 2.45) is 0 Å². The highest BCUT2D eigenvalue weighted by Gasteiger charge is 2.38. The molecule has 0 saturated carbocycles. The molecule has 2 heterocycles. The van der Waals surface area contributed by atoms with Gasteiger partial charge >= 0.3 is 6.03 Å². The standard InChI is InChI=1S/C19H25N3O6S/c1-4-7-21-18(23)13-22(19(21)24)16-6-5-15(12-17(16)28-14(2)3)29(25,26)20-8-10-27-11-9-20/h4-6,12,14H,1,7-11,13H2,2-3H3. The molecule has 0 bridgehead atoms. The molecule has 0 spiro atoms. The van der Waals surface area contributed by atoms with Crippen LogP contribution in [0.4, 0.5) is 10.5 Å². The predicted octanol–water partition coefficient (Wildman–Crippen LogP) is 1.45. The number of ether oxygens (including phenoxy) is 2. The molecule has 0 atom stereocenters. The van der Waals surface area contributed by atoms with Crippen molar-refractivity contribution < 1.29 is 27.5 Å². The van der Waals surface area contributed by atoms with E-state index in [-0.39, 0.29) is 48.8 Å². The Morgan fingerprint density at radius 3 is 2.55 bits per heavy atom. The summed E-state index contributed by atoms with van der Waals surface area (Å²) in [6, 6.07) is 3.86. The third-order valence-corrected chi connectivity index (χ3v) is 6.46. The molecule has 10 heteroatoms. The minimum atomic E-state index is -3.73. The Balaban J connectivity index is 1.98. The maximum absolute atomic E-state index is 13.0. The molecule has 0 unspecified atom stereocenters. The first-order valence-electron chi connectivity index (χ1n) is 9.37. The number of imide groups is 1. The lowest BCUT2D eigenvalue weighted by Crippen LogP contribution is -2.40. The Labute approximate surface area is 170 Å². The summed E-state index contributed by atoms with van der Waals surface area (Å²) in [4.78, 5) is 27.3. The van der Waals surface area contributed by atoms with Gasteiger partial charge in [0.25, 0.3) is 5.91 Å². The van der Waals surface area contributed by atoms with Crippen molar-refractivity contribution in [1.82, 2.24) is 9.21 Å². The maximum Gasteiger partial charge on any atom is 0.332 e. The van der Waals surface area contributed by atoms with Gasteiger partial charge in [0.15, 0.2) is 0 Å². The monoisotopic (exact) mass is 423 g/mol. The van der Waals surface area contributed by atoms with E-state index in [2.05, 4.69) is 6.58 Å². The number of carbonyl (C=O) groups excluding carboxylic acids is 2. The molecule has 1 aromatic rings. The molecule has 9 nitrogen and oxygen atoms in total. The molecule has 0 N–H and O–H groups in total. The van der Waals surface area contributed by atoms with Gasteiger partial charge in [-0.1, -0.05) is 6.08 Å². The molecule has 158 valence electrons. The zero-order chi connectivity index (χ0) is 21.2. The molecule has 2 fully saturated rings.